The van der Waals surface area contributed by atoms with Gasteiger partial charge in [0.15, 0.2) is 5.78 Å². The van der Waals surface area contributed by atoms with Gasteiger partial charge >= 0.3 is 5.97 Å². The van der Waals surface area contributed by atoms with Crippen LogP contribution in [0.5, 0.6) is 0 Å². The fourth-order valence-electron chi connectivity index (χ4n) is 6.97. The lowest BCUT2D eigenvalue weighted by molar-refractivity contribution is -0.168. The quantitative estimate of drug-likeness (QED) is 0.650. The smallest absolute Gasteiger partial charge is 0.330 e. The van der Waals surface area contributed by atoms with Crippen LogP contribution in [0, 0.1) is 22.7 Å². The van der Waals surface area contributed by atoms with Gasteiger partial charge < -0.3 is 13.9 Å². The zero-order valence-corrected chi connectivity index (χ0v) is 17.9. The Morgan fingerprint density at radius 1 is 1.07 bits per heavy atom. The molecule has 2 aliphatic heterocycles. The number of ketones is 2. The Morgan fingerprint density at radius 2 is 1.83 bits per heavy atom. The second kappa shape index (κ2) is 5.94. The number of carbonyl (C=O) groups excluding carboxylic acids is 3. The molecule has 2 bridgehead atoms. The number of Topliss-reactive ketones (excluding diaryl/α,β-unsaturated/α-hetero) is 2. The first-order chi connectivity index (χ1) is 14.0. The minimum absolute atomic E-state index is 0.00960. The highest BCUT2D eigenvalue weighted by atomic mass is 16.6. The summed E-state index contributed by atoms with van der Waals surface area (Å²) in [6.45, 7) is 7.75. The molecule has 5 rings (SSSR count). The average Bonchev–Trinajstić information content (AvgIpc) is 3.17. The minimum atomic E-state index is -1.19. The van der Waals surface area contributed by atoms with Crippen LogP contribution in [0.1, 0.15) is 65.0 Å². The molecule has 3 heterocycles. The fraction of sp³-hybridized carbons (Fsp3) is 0.625. The highest BCUT2D eigenvalue weighted by Crippen LogP contribution is 2.67. The van der Waals surface area contributed by atoms with E-state index in [9.17, 15) is 14.4 Å². The van der Waals surface area contributed by atoms with Crippen LogP contribution in [0.3, 0.4) is 0 Å². The minimum Gasteiger partial charge on any atom is -0.472 e. The van der Waals surface area contributed by atoms with E-state index in [0.29, 0.717) is 6.42 Å². The third-order valence-corrected chi connectivity index (χ3v) is 8.35. The van der Waals surface area contributed by atoms with Crippen molar-refractivity contribution >= 4 is 17.5 Å². The van der Waals surface area contributed by atoms with E-state index in [1.807, 2.05) is 32.9 Å². The van der Waals surface area contributed by atoms with Crippen molar-refractivity contribution < 1.29 is 28.3 Å². The van der Waals surface area contributed by atoms with E-state index in [0.717, 1.165) is 12.0 Å². The van der Waals surface area contributed by atoms with Crippen molar-refractivity contribution in [2.75, 3.05) is 0 Å². The van der Waals surface area contributed by atoms with E-state index < -0.39 is 34.1 Å². The topological polar surface area (TPSA) is 82.8 Å². The highest BCUT2D eigenvalue weighted by Gasteiger charge is 2.72. The summed E-state index contributed by atoms with van der Waals surface area (Å²) >= 11 is 0. The lowest BCUT2D eigenvalue weighted by atomic mass is 9.52. The Hall–Kier alpha value is -2.21. The van der Waals surface area contributed by atoms with E-state index in [1.165, 1.54) is 6.08 Å². The molecular weight excluding hydrogens is 384 g/mol. The molecule has 4 aliphatic rings. The first-order valence-electron chi connectivity index (χ1n) is 10.7. The Morgan fingerprint density at radius 3 is 2.53 bits per heavy atom. The van der Waals surface area contributed by atoms with Gasteiger partial charge in [-0.3, -0.25) is 9.59 Å². The van der Waals surface area contributed by atoms with Crippen molar-refractivity contribution in [1.82, 2.24) is 0 Å². The number of fused-ring (bicyclic) bond motifs is 3. The van der Waals surface area contributed by atoms with Crippen LogP contribution in [-0.4, -0.2) is 28.7 Å². The summed E-state index contributed by atoms with van der Waals surface area (Å²) in [7, 11) is 0. The molecule has 0 aromatic carbocycles. The van der Waals surface area contributed by atoms with Crippen molar-refractivity contribution in [3.63, 3.8) is 0 Å². The van der Waals surface area contributed by atoms with Gasteiger partial charge in [0.1, 0.15) is 17.0 Å². The molecular formula is C24H28O6. The van der Waals surface area contributed by atoms with E-state index >= 15 is 0 Å². The van der Waals surface area contributed by atoms with Crippen LogP contribution in [0.2, 0.25) is 0 Å². The monoisotopic (exact) mass is 412 g/mol. The molecule has 0 unspecified atom stereocenters. The average molecular weight is 412 g/mol. The molecule has 6 atom stereocenters. The molecule has 160 valence electrons. The summed E-state index contributed by atoms with van der Waals surface area (Å²) in [5, 5.41) is 0. The molecule has 1 saturated heterocycles. The maximum absolute atomic E-state index is 14.0. The second-order valence-electron chi connectivity index (χ2n) is 10.5. The molecule has 6 nitrogen and oxygen atoms in total. The predicted octanol–water partition coefficient (Wildman–Crippen LogP) is 3.95. The molecule has 2 saturated carbocycles. The summed E-state index contributed by atoms with van der Waals surface area (Å²) < 4.78 is 17.6. The van der Waals surface area contributed by atoms with Gasteiger partial charge in [0, 0.05) is 36.3 Å². The van der Waals surface area contributed by atoms with Gasteiger partial charge in [0.2, 0.25) is 0 Å². The van der Waals surface area contributed by atoms with Crippen molar-refractivity contribution in [2.45, 2.75) is 70.7 Å². The van der Waals surface area contributed by atoms with Gasteiger partial charge in [-0.1, -0.05) is 13.0 Å². The van der Waals surface area contributed by atoms with E-state index in [-0.39, 0.29) is 36.2 Å². The summed E-state index contributed by atoms with van der Waals surface area (Å²) in [6.07, 6.45) is 7.84. The van der Waals surface area contributed by atoms with Crippen LogP contribution in [0.4, 0.5) is 0 Å². The summed E-state index contributed by atoms with van der Waals surface area (Å²) in [5.74, 6) is -0.873. The van der Waals surface area contributed by atoms with Gasteiger partial charge in [0.25, 0.3) is 0 Å². The van der Waals surface area contributed by atoms with Gasteiger partial charge in [-0.15, -0.1) is 0 Å². The zero-order valence-electron chi connectivity index (χ0n) is 17.9. The highest BCUT2D eigenvalue weighted by molar-refractivity contribution is 6.00. The normalized spacial score (nSPS) is 44.7. The second-order valence-corrected chi connectivity index (χ2v) is 10.5. The molecule has 1 spiro atoms. The predicted molar refractivity (Wildman–Crippen MR) is 106 cm³/mol. The standard InChI is InChI=1S/C24H28O6/c1-21(2)17-11-15(25)12-24-16(22(17,3)9-6-18(26)29-21)5-8-23(4,20(24)27)19(30-24)14-7-10-28-13-14/h6-7,9-10,13,16-17,19H,5,8,11-12H2,1-4H3/t16-,17+,19-,22-,23-,24-/m1/s1. The van der Waals surface area contributed by atoms with Crippen LogP contribution >= 0.6 is 0 Å². The number of carbonyl (C=O) groups is 3. The number of esters is 1. The van der Waals surface area contributed by atoms with Gasteiger partial charge in [0.05, 0.1) is 24.0 Å². The Kier molecular flexibility index (Phi) is 3.90. The van der Waals surface area contributed by atoms with Gasteiger partial charge in [-0.2, -0.15) is 0 Å². The number of allylic oxidation sites excluding steroid dienone is 1. The fourth-order valence-corrected chi connectivity index (χ4v) is 6.97. The molecule has 0 radical (unpaired) electrons. The summed E-state index contributed by atoms with van der Waals surface area (Å²) in [5.41, 5.74) is -2.49. The molecule has 3 fully saturated rings. The number of furan rings is 1. The van der Waals surface area contributed by atoms with Crippen molar-refractivity contribution in [1.29, 1.82) is 0 Å². The van der Waals surface area contributed by atoms with E-state index in [2.05, 4.69) is 6.92 Å². The van der Waals surface area contributed by atoms with Gasteiger partial charge in [-0.25, -0.2) is 4.79 Å². The largest absolute Gasteiger partial charge is 0.472 e. The third-order valence-electron chi connectivity index (χ3n) is 8.35. The lowest BCUT2D eigenvalue weighted by Gasteiger charge is -2.51. The maximum Gasteiger partial charge on any atom is 0.330 e. The number of hydrogen-bond donors (Lipinski definition) is 0. The van der Waals surface area contributed by atoms with Crippen molar-refractivity contribution in [2.24, 2.45) is 22.7 Å². The maximum atomic E-state index is 14.0. The van der Waals surface area contributed by atoms with E-state index in [1.54, 1.807) is 12.5 Å². The zero-order chi connectivity index (χ0) is 21.5. The van der Waals surface area contributed by atoms with E-state index in [4.69, 9.17) is 13.9 Å². The molecule has 6 heteroatoms. The molecule has 2 aliphatic carbocycles. The number of ether oxygens (including phenoxy) is 2. The van der Waals surface area contributed by atoms with Crippen molar-refractivity contribution in [3.05, 3.63) is 36.3 Å². The first-order valence-corrected chi connectivity index (χ1v) is 10.7. The van der Waals surface area contributed by atoms with Gasteiger partial charge in [-0.05, 0) is 45.1 Å². The molecule has 0 N–H and O–H groups in total. The first kappa shape index (κ1) is 19.7. The van der Waals surface area contributed by atoms with Crippen LogP contribution < -0.4 is 0 Å². The summed E-state index contributed by atoms with van der Waals surface area (Å²) in [4.78, 5) is 39.5. The number of cyclic esters (lactones) is 1. The Bertz CT molecular complexity index is 958. The molecule has 1 aromatic heterocycles. The SMILES string of the molecule is CC1(C)OC(=O)C=C[C@]2(C)[C@H]3CC[C@@]4(C)C(=O)[C@]3(CC(=O)C[C@@H]12)O[C@@H]4c1ccoc1. The summed E-state index contributed by atoms with van der Waals surface area (Å²) in [6, 6.07) is 1.83. The number of rotatable bonds is 1. The van der Waals surface area contributed by atoms with Crippen LogP contribution in [0.25, 0.3) is 0 Å². The number of hydrogen-bond acceptors (Lipinski definition) is 6. The van der Waals surface area contributed by atoms with Crippen molar-refractivity contribution in [3.8, 4) is 0 Å². The molecule has 1 aromatic rings. The Labute approximate surface area is 176 Å². The van der Waals surface area contributed by atoms with Crippen LogP contribution in [0.15, 0.2) is 35.2 Å². The molecule has 0 amide bonds. The third kappa shape index (κ3) is 2.37. The molecule has 30 heavy (non-hydrogen) atoms. The Balaban J connectivity index is 1.69. The lowest BCUT2D eigenvalue weighted by Crippen LogP contribution is -2.57. The van der Waals surface area contributed by atoms with Crippen LogP contribution in [-0.2, 0) is 23.9 Å².